The first kappa shape index (κ1) is 48.1. The first-order valence-electron chi connectivity index (χ1n) is 18.2. The first-order valence-corrected chi connectivity index (χ1v) is 18.2. The smallest absolute Gasteiger partial charge is 0.382 e. The maximum Gasteiger partial charge on any atom is 0.382 e. The van der Waals surface area contributed by atoms with Gasteiger partial charge in [-0.2, -0.15) is 0 Å². The Morgan fingerprint density at radius 2 is 0.745 bits per heavy atom. The van der Waals surface area contributed by atoms with Gasteiger partial charge in [-0.25, -0.2) is 9.69 Å². The summed E-state index contributed by atoms with van der Waals surface area (Å²) >= 11 is 0. The summed E-state index contributed by atoms with van der Waals surface area (Å²) in [5.74, 6) is -4.32. The van der Waals surface area contributed by atoms with Crippen LogP contribution in [0.25, 0.3) is 0 Å². The Hall–Kier alpha value is -3.03. The summed E-state index contributed by atoms with van der Waals surface area (Å²) in [5, 5.41) is 8.89. The lowest BCUT2D eigenvalue weighted by molar-refractivity contribution is -0.213. The quantitative estimate of drug-likeness (QED) is 0.0525. The Bertz CT molecular complexity index is 1060. The van der Waals surface area contributed by atoms with Gasteiger partial charge in [-0.1, -0.05) is 0 Å². The topological polar surface area (TPSA) is 232 Å². The van der Waals surface area contributed by atoms with Crippen molar-refractivity contribution in [2.24, 2.45) is 0 Å². The average molecular weight is 797 g/mol. The van der Waals surface area contributed by atoms with Crippen molar-refractivity contribution in [2.75, 3.05) is 159 Å². The zero-order valence-electron chi connectivity index (χ0n) is 31.3. The van der Waals surface area contributed by atoms with E-state index in [9.17, 15) is 24.0 Å². The lowest BCUT2D eigenvalue weighted by Crippen LogP contribution is -2.50. The number of carbonyl (C=O) groups excluding carboxylic acids is 5. The zero-order valence-corrected chi connectivity index (χ0v) is 31.3. The van der Waals surface area contributed by atoms with Gasteiger partial charge in [0.05, 0.1) is 159 Å². The third-order valence-corrected chi connectivity index (χ3v) is 6.93. The molecule has 0 saturated carbocycles. The normalized spacial score (nSPS) is 14.9. The van der Waals surface area contributed by atoms with Gasteiger partial charge in [-0.3, -0.25) is 19.2 Å². The summed E-state index contributed by atoms with van der Waals surface area (Å²) in [7, 11) is 0. The molecule has 2 heterocycles. The van der Waals surface area contributed by atoms with Crippen LogP contribution in [0.3, 0.4) is 0 Å². The van der Waals surface area contributed by atoms with Gasteiger partial charge in [0.25, 0.3) is 23.6 Å². The number of ether oxygens (including phenoxy) is 12. The van der Waals surface area contributed by atoms with E-state index in [0.29, 0.717) is 135 Å². The minimum atomic E-state index is -1.81. The molecule has 1 fully saturated rings. The summed E-state index contributed by atoms with van der Waals surface area (Å²) in [6.07, 6.45) is -0.136. The standard InChI is InChI=1S/C34H56N2O19/c37-5-6-43-7-8-44-9-10-45-11-12-46-13-14-47-15-16-48-17-18-49-19-20-50-21-22-51-23-24-52-25-26-53-27-28-54-33(35-29(38)1-2-30(35)39)34(42)55-36-31(40)3-4-32(36)41/h1-2,33,37H,3-28H2. The number of rotatable bonds is 39. The monoisotopic (exact) mass is 796 g/mol. The number of carbonyl (C=O) groups is 5. The molecule has 0 aliphatic carbocycles. The average Bonchev–Trinajstić information content (AvgIpc) is 3.68. The van der Waals surface area contributed by atoms with Gasteiger partial charge in [0.1, 0.15) is 0 Å². The molecule has 1 unspecified atom stereocenters. The fourth-order valence-corrected chi connectivity index (χ4v) is 4.27. The van der Waals surface area contributed by atoms with Crippen LogP contribution in [0.2, 0.25) is 0 Å². The van der Waals surface area contributed by atoms with Gasteiger partial charge in [0.2, 0.25) is 6.23 Å². The first-order chi connectivity index (χ1) is 27.0. The second kappa shape index (κ2) is 33.1. The molecule has 1 atom stereocenters. The van der Waals surface area contributed by atoms with Crippen molar-refractivity contribution in [3.8, 4) is 0 Å². The third kappa shape index (κ3) is 23.6. The van der Waals surface area contributed by atoms with Crippen molar-refractivity contribution in [1.82, 2.24) is 9.96 Å². The molecule has 2 rings (SSSR count). The third-order valence-electron chi connectivity index (χ3n) is 6.93. The maximum atomic E-state index is 12.6. The molecule has 1 saturated heterocycles. The van der Waals surface area contributed by atoms with E-state index in [1.165, 1.54) is 0 Å². The van der Waals surface area contributed by atoms with Crippen LogP contribution in [0.15, 0.2) is 12.2 Å². The van der Waals surface area contributed by atoms with Crippen molar-refractivity contribution >= 4 is 29.6 Å². The van der Waals surface area contributed by atoms with E-state index in [0.717, 1.165) is 12.2 Å². The highest BCUT2D eigenvalue weighted by Crippen LogP contribution is 2.17. The van der Waals surface area contributed by atoms with Gasteiger partial charge in [-0.15, -0.1) is 5.06 Å². The van der Waals surface area contributed by atoms with E-state index < -0.39 is 35.8 Å². The lowest BCUT2D eigenvalue weighted by atomic mass is 10.4. The number of nitrogens with zero attached hydrogens (tertiary/aromatic N) is 2. The van der Waals surface area contributed by atoms with E-state index >= 15 is 0 Å². The molecule has 2 aliphatic heterocycles. The summed E-state index contributed by atoms with van der Waals surface area (Å²) < 4.78 is 64.6. The Morgan fingerprint density at radius 1 is 0.473 bits per heavy atom. The molecule has 0 aromatic carbocycles. The lowest BCUT2D eigenvalue weighted by Gasteiger charge is -2.25. The summed E-state index contributed by atoms with van der Waals surface area (Å²) in [5.41, 5.74) is 0. The number of aliphatic hydroxyl groups excluding tert-OH is 1. The SMILES string of the molecule is O=C(ON1C(=O)CCC1=O)C(OCCOCCOCCOCCOCCOCCOCCOCCOCCOCCOCCOCCO)N1C(=O)C=CC1=O. The highest BCUT2D eigenvalue weighted by Gasteiger charge is 2.41. The Labute approximate surface area is 320 Å². The highest BCUT2D eigenvalue weighted by atomic mass is 16.7. The van der Waals surface area contributed by atoms with Crippen LogP contribution in [-0.2, 0) is 85.7 Å². The molecule has 21 heteroatoms. The molecule has 21 nitrogen and oxygen atoms in total. The van der Waals surface area contributed by atoms with Crippen LogP contribution in [0.1, 0.15) is 12.8 Å². The molecule has 1 N–H and O–H groups in total. The number of hydroxylamine groups is 2. The van der Waals surface area contributed by atoms with Gasteiger partial charge >= 0.3 is 5.97 Å². The number of aliphatic hydroxyl groups is 1. The van der Waals surface area contributed by atoms with E-state index in [4.69, 9.17) is 66.8 Å². The van der Waals surface area contributed by atoms with Crippen molar-refractivity contribution in [1.29, 1.82) is 0 Å². The fourth-order valence-electron chi connectivity index (χ4n) is 4.27. The summed E-state index contributed by atoms with van der Waals surface area (Å²) in [6, 6.07) is 0. The number of hydrogen-bond donors (Lipinski definition) is 1. The number of hydrogen-bond acceptors (Lipinski definition) is 19. The molecule has 0 aromatic heterocycles. The molecule has 0 radical (unpaired) electrons. The molecule has 0 bridgehead atoms. The highest BCUT2D eigenvalue weighted by molar-refractivity contribution is 6.14. The Kier molecular flexibility index (Phi) is 29.0. The largest absolute Gasteiger partial charge is 0.394 e. The number of imide groups is 2. The minimum Gasteiger partial charge on any atom is -0.394 e. The van der Waals surface area contributed by atoms with Crippen LogP contribution in [0, 0.1) is 0 Å². The molecule has 0 spiro atoms. The molecule has 2 aliphatic rings. The van der Waals surface area contributed by atoms with Gasteiger partial charge in [0, 0.05) is 25.0 Å². The van der Waals surface area contributed by atoms with Crippen LogP contribution >= 0.6 is 0 Å². The van der Waals surface area contributed by atoms with Crippen LogP contribution < -0.4 is 0 Å². The van der Waals surface area contributed by atoms with Gasteiger partial charge < -0.3 is 66.8 Å². The summed E-state index contributed by atoms with van der Waals surface area (Å²) in [4.78, 5) is 65.7. The second-order valence-corrected chi connectivity index (χ2v) is 11.1. The summed E-state index contributed by atoms with van der Waals surface area (Å²) in [6.45, 7) is 8.43. The van der Waals surface area contributed by atoms with Crippen LogP contribution in [-0.4, -0.2) is 209 Å². The van der Waals surface area contributed by atoms with E-state index in [1.807, 2.05) is 0 Å². The van der Waals surface area contributed by atoms with Crippen molar-refractivity contribution in [3.63, 3.8) is 0 Å². The fraction of sp³-hybridized carbons (Fsp3) is 0.794. The van der Waals surface area contributed by atoms with Gasteiger partial charge in [-0.05, 0) is 0 Å². The van der Waals surface area contributed by atoms with Crippen LogP contribution in [0.5, 0.6) is 0 Å². The minimum absolute atomic E-state index is 0.00749. The van der Waals surface area contributed by atoms with E-state index in [1.54, 1.807) is 0 Å². The number of amides is 4. The molecule has 316 valence electrons. The molecule has 0 aromatic rings. The van der Waals surface area contributed by atoms with E-state index in [2.05, 4.69) is 0 Å². The zero-order chi connectivity index (χ0) is 39.6. The molecular formula is C34H56N2O19. The van der Waals surface area contributed by atoms with Crippen molar-refractivity contribution in [2.45, 2.75) is 19.1 Å². The van der Waals surface area contributed by atoms with E-state index in [-0.39, 0.29) is 45.9 Å². The van der Waals surface area contributed by atoms with Gasteiger partial charge in [0.15, 0.2) is 0 Å². The molecule has 55 heavy (non-hydrogen) atoms. The van der Waals surface area contributed by atoms with Crippen LogP contribution in [0.4, 0.5) is 0 Å². The Morgan fingerprint density at radius 3 is 1.04 bits per heavy atom. The predicted octanol–water partition coefficient (Wildman–Crippen LogP) is -1.96. The second-order valence-electron chi connectivity index (χ2n) is 11.1. The Balaban J connectivity index is 1.28. The molecular weight excluding hydrogens is 740 g/mol. The van der Waals surface area contributed by atoms with Crippen molar-refractivity contribution in [3.05, 3.63) is 12.2 Å². The molecule has 4 amide bonds. The maximum absolute atomic E-state index is 12.6. The predicted molar refractivity (Wildman–Crippen MR) is 184 cm³/mol. The van der Waals surface area contributed by atoms with Crippen molar-refractivity contribution < 1.29 is 90.8 Å².